The van der Waals surface area contributed by atoms with Gasteiger partial charge in [-0.15, -0.1) is 0 Å². The van der Waals surface area contributed by atoms with Gasteiger partial charge in [0.1, 0.15) is 5.69 Å². The van der Waals surface area contributed by atoms with E-state index in [4.69, 9.17) is 0 Å². The smallest absolute Gasteiger partial charge is 0.275 e. The fourth-order valence-corrected chi connectivity index (χ4v) is 3.39. The maximum absolute atomic E-state index is 12.5. The Kier molecular flexibility index (Phi) is 4.48. The van der Waals surface area contributed by atoms with E-state index in [1.807, 2.05) is 19.1 Å². The highest BCUT2D eigenvalue weighted by Gasteiger charge is 2.16. The highest BCUT2D eigenvalue weighted by Crippen LogP contribution is 2.33. The van der Waals surface area contributed by atoms with Crippen LogP contribution in [0.3, 0.4) is 0 Å². The fraction of sp³-hybridized carbons (Fsp3) is 0.300. The Bertz CT molecular complexity index is 933. The van der Waals surface area contributed by atoms with Gasteiger partial charge in [0.25, 0.3) is 5.91 Å². The number of aromatic nitrogens is 3. The molecule has 1 saturated heterocycles. The molecule has 2 aromatic heterocycles. The van der Waals surface area contributed by atoms with Crippen molar-refractivity contribution in [2.45, 2.75) is 26.2 Å². The second kappa shape index (κ2) is 7.07. The monoisotopic (exact) mass is 347 g/mol. The number of anilines is 2. The zero-order valence-corrected chi connectivity index (χ0v) is 14.8. The summed E-state index contributed by atoms with van der Waals surface area (Å²) in [5.74, 6) is -0.270. The summed E-state index contributed by atoms with van der Waals surface area (Å²) in [6.07, 6.45) is 10.4. The first kappa shape index (κ1) is 16.4. The first-order chi connectivity index (χ1) is 12.7. The highest BCUT2D eigenvalue weighted by molar-refractivity contribution is 6.10. The number of hydrogen-bond acceptors (Lipinski definition) is 5. The number of rotatable bonds is 3. The van der Waals surface area contributed by atoms with Crippen LogP contribution in [0.2, 0.25) is 0 Å². The van der Waals surface area contributed by atoms with Crippen molar-refractivity contribution in [3.63, 3.8) is 0 Å². The highest BCUT2D eigenvalue weighted by atomic mass is 16.1. The zero-order valence-electron chi connectivity index (χ0n) is 14.8. The third-order valence-electron chi connectivity index (χ3n) is 4.75. The lowest BCUT2D eigenvalue weighted by Crippen LogP contribution is -2.29. The molecule has 1 aliphatic heterocycles. The van der Waals surface area contributed by atoms with Crippen LogP contribution < -0.4 is 10.2 Å². The number of piperidine rings is 1. The maximum Gasteiger partial charge on any atom is 0.275 e. The van der Waals surface area contributed by atoms with Crippen LogP contribution in [0.25, 0.3) is 10.8 Å². The molecule has 0 atom stereocenters. The van der Waals surface area contributed by atoms with Crippen LogP contribution in [0, 0.1) is 6.92 Å². The Morgan fingerprint density at radius 2 is 1.85 bits per heavy atom. The van der Waals surface area contributed by atoms with Crippen LogP contribution in [-0.4, -0.2) is 33.9 Å². The van der Waals surface area contributed by atoms with Crippen molar-refractivity contribution in [3.8, 4) is 0 Å². The zero-order chi connectivity index (χ0) is 17.9. The lowest BCUT2D eigenvalue weighted by Gasteiger charge is -2.30. The first-order valence-corrected chi connectivity index (χ1v) is 8.94. The van der Waals surface area contributed by atoms with E-state index >= 15 is 0 Å². The molecule has 132 valence electrons. The van der Waals surface area contributed by atoms with Gasteiger partial charge in [-0.3, -0.25) is 14.8 Å². The van der Waals surface area contributed by atoms with E-state index in [-0.39, 0.29) is 5.91 Å². The Morgan fingerprint density at radius 3 is 2.62 bits per heavy atom. The summed E-state index contributed by atoms with van der Waals surface area (Å²) in [7, 11) is 0. The molecule has 4 rings (SSSR count). The number of aryl methyl sites for hydroxylation is 1. The summed E-state index contributed by atoms with van der Waals surface area (Å²) in [6, 6.07) is 6.05. The van der Waals surface area contributed by atoms with Crippen molar-refractivity contribution in [2.75, 3.05) is 23.3 Å². The van der Waals surface area contributed by atoms with Gasteiger partial charge in [0, 0.05) is 48.1 Å². The molecule has 0 aliphatic carbocycles. The second-order valence-electron chi connectivity index (χ2n) is 6.60. The third kappa shape index (κ3) is 3.22. The normalized spacial score (nSPS) is 14.4. The molecule has 0 spiro atoms. The number of nitrogens with one attached hydrogen (secondary N) is 1. The molecule has 1 aromatic carbocycles. The summed E-state index contributed by atoms with van der Waals surface area (Å²) in [4.78, 5) is 27.5. The SMILES string of the molecule is Cc1cnc(C(=O)Nc2ccc(N3CCCCC3)c3ccncc23)cn1. The third-order valence-corrected chi connectivity index (χ3v) is 4.75. The molecular formula is C20H21N5O. The average molecular weight is 347 g/mol. The van der Waals surface area contributed by atoms with E-state index in [2.05, 4.69) is 31.2 Å². The van der Waals surface area contributed by atoms with Gasteiger partial charge in [-0.05, 0) is 44.4 Å². The fourth-order valence-electron chi connectivity index (χ4n) is 3.39. The second-order valence-corrected chi connectivity index (χ2v) is 6.60. The van der Waals surface area contributed by atoms with Crippen molar-refractivity contribution in [3.05, 3.63) is 54.4 Å². The maximum atomic E-state index is 12.5. The minimum absolute atomic E-state index is 0.270. The van der Waals surface area contributed by atoms with Gasteiger partial charge < -0.3 is 10.2 Å². The predicted octanol–water partition coefficient (Wildman–Crippen LogP) is 3.58. The van der Waals surface area contributed by atoms with Gasteiger partial charge >= 0.3 is 0 Å². The molecule has 1 fully saturated rings. The van der Waals surface area contributed by atoms with Crippen molar-refractivity contribution in [1.82, 2.24) is 15.0 Å². The van der Waals surface area contributed by atoms with E-state index < -0.39 is 0 Å². The van der Waals surface area contributed by atoms with Crippen molar-refractivity contribution >= 4 is 28.1 Å². The molecule has 3 heterocycles. The molecule has 0 unspecified atom stereocenters. The topological polar surface area (TPSA) is 71.0 Å². The van der Waals surface area contributed by atoms with Crippen molar-refractivity contribution in [1.29, 1.82) is 0 Å². The summed E-state index contributed by atoms with van der Waals surface area (Å²) in [5, 5.41) is 4.99. The number of nitrogens with zero attached hydrogens (tertiary/aromatic N) is 4. The average Bonchev–Trinajstić information content (AvgIpc) is 2.69. The van der Waals surface area contributed by atoms with E-state index in [0.717, 1.165) is 35.2 Å². The standard InChI is InChI=1S/C20H21N5O/c1-14-11-23-18(13-22-14)20(26)24-17-5-6-19(25-9-3-2-4-10-25)15-7-8-21-12-16(15)17/h5-8,11-13H,2-4,9-10H2,1H3,(H,24,26). The Morgan fingerprint density at radius 1 is 1.00 bits per heavy atom. The number of carbonyl (C=O) groups excluding carboxylic acids is 1. The van der Waals surface area contributed by atoms with Gasteiger partial charge in [-0.2, -0.15) is 0 Å². The Balaban J connectivity index is 1.68. The van der Waals surface area contributed by atoms with E-state index in [1.165, 1.54) is 31.1 Å². The molecule has 6 heteroatoms. The van der Waals surface area contributed by atoms with Gasteiger partial charge in [0.05, 0.1) is 17.6 Å². The number of amides is 1. The summed E-state index contributed by atoms with van der Waals surface area (Å²) in [5.41, 5.74) is 3.02. The summed E-state index contributed by atoms with van der Waals surface area (Å²) >= 11 is 0. The van der Waals surface area contributed by atoms with Crippen LogP contribution in [0.15, 0.2) is 43.0 Å². The van der Waals surface area contributed by atoms with Gasteiger partial charge in [0.15, 0.2) is 0 Å². The molecule has 6 nitrogen and oxygen atoms in total. The molecule has 1 N–H and O–H groups in total. The van der Waals surface area contributed by atoms with Gasteiger partial charge in [-0.1, -0.05) is 0 Å². The number of pyridine rings is 1. The number of hydrogen-bond donors (Lipinski definition) is 1. The van der Waals surface area contributed by atoms with Crippen LogP contribution in [0.5, 0.6) is 0 Å². The lowest BCUT2D eigenvalue weighted by molar-refractivity contribution is 0.102. The van der Waals surface area contributed by atoms with E-state index in [1.54, 1.807) is 18.6 Å². The molecule has 1 aliphatic rings. The largest absolute Gasteiger partial charge is 0.371 e. The molecule has 0 bridgehead atoms. The number of benzene rings is 1. The quantitative estimate of drug-likeness (QED) is 0.784. The van der Waals surface area contributed by atoms with Crippen molar-refractivity contribution in [2.24, 2.45) is 0 Å². The molecule has 26 heavy (non-hydrogen) atoms. The lowest BCUT2D eigenvalue weighted by atomic mass is 10.1. The molecular weight excluding hydrogens is 326 g/mol. The van der Waals surface area contributed by atoms with E-state index in [0.29, 0.717) is 5.69 Å². The summed E-state index contributed by atoms with van der Waals surface area (Å²) < 4.78 is 0. The van der Waals surface area contributed by atoms with E-state index in [9.17, 15) is 4.79 Å². The van der Waals surface area contributed by atoms with Gasteiger partial charge in [0.2, 0.25) is 0 Å². The van der Waals surface area contributed by atoms with Crippen LogP contribution >= 0.6 is 0 Å². The minimum atomic E-state index is -0.270. The summed E-state index contributed by atoms with van der Waals surface area (Å²) in [6.45, 7) is 3.98. The number of fused-ring (bicyclic) bond motifs is 1. The predicted molar refractivity (Wildman–Crippen MR) is 103 cm³/mol. The van der Waals surface area contributed by atoms with Crippen LogP contribution in [0.4, 0.5) is 11.4 Å². The molecule has 0 saturated carbocycles. The molecule has 1 amide bonds. The first-order valence-electron chi connectivity index (χ1n) is 8.94. The van der Waals surface area contributed by atoms with Crippen molar-refractivity contribution < 1.29 is 4.79 Å². The molecule has 3 aromatic rings. The minimum Gasteiger partial charge on any atom is -0.371 e. The Labute approximate surface area is 152 Å². The molecule has 0 radical (unpaired) electrons. The number of carbonyl (C=O) groups is 1. The Hall–Kier alpha value is -3.02. The van der Waals surface area contributed by atoms with Crippen LogP contribution in [0.1, 0.15) is 35.4 Å². The van der Waals surface area contributed by atoms with Crippen LogP contribution in [-0.2, 0) is 0 Å². The van der Waals surface area contributed by atoms with Gasteiger partial charge in [-0.25, -0.2) is 4.98 Å².